The van der Waals surface area contributed by atoms with Gasteiger partial charge in [-0.1, -0.05) is 40.5 Å². The first kappa shape index (κ1) is 18.7. The van der Waals surface area contributed by atoms with E-state index in [1.807, 2.05) is 10.7 Å². The van der Waals surface area contributed by atoms with E-state index in [-0.39, 0.29) is 17.9 Å². The van der Waals surface area contributed by atoms with Crippen molar-refractivity contribution in [3.05, 3.63) is 17.5 Å². The van der Waals surface area contributed by atoms with Gasteiger partial charge < -0.3 is 10.4 Å². The molecule has 22 heavy (non-hydrogen) atoms. The third-order valence-electron chi connectivity index (χ3n) is 3.60. The van der Waals surface area contributed by atoms with Crippen molar-refractivity contribution in [3.63, 3.8) is 0 Å². The minimum Gasteiger partial charge on any atom is -0.394 e. The van der Waals surface area contributed by atoms with Crippen LogP contribution in [0, 0.1) is 0 Å². The number of hydrogen-bond donors (Lipinski definition) is 2. The molecule has 1 amide bonds. The van der Waals surface area contributed by atoms with Crippen molar-refractivity contribution in [2.75, 3.05) is 6.61 Å². The fourth-order valence-electron chi connectivity index (χ4n) is 2.22. The standard InChI is InChI=1S/C17H31N3O2/c1-7-8-9-10-20-14(16(2,3)4)11-13(19-20)15(22)18-17(5,6)12-21/h11,21H,7-10,12H2,1-6H3,(H,18,22). The molecule has 1 aromatic heterocycles. The molecule has 0 aliphatic carbocycles. The Bertz CT molecular complexity index is 498. The molecule has 0 aliphatic heterocycles. The van der Waals surface area contributed by atoms with Gasteiger partial charge in [-0.05, 0) is 26.3 Å². The molecule has 0 radical (unpaired) electrons. The molecule has 5 heteroatoms. The first-order valence-corrected chi connectivity index (χ1v) is 8.12. The van der Waals surface area contributed by atoms with Gasteiger partial charge in [0.25, 0.3) is 5.91 Å². The van der Waals surface area contributed by atoms with Crippen molar-refractivity contribution in [3.8, 4) is 0 Å². The zero-order chi connectivity index (χ0) is 17.0. The smallest absolute Gasteiger partial charge is 0.272 e. The zero-order valence-corrected chi connectivity index (χ0v) is 14.9. The predicted molar refractivity (Wildman–Crippen MR) is 89.1 cm³/mol. The third-order valence-corrected chi connectivity index (χ3v) is 3.60. The summed E-state index contributed by atoms with van der Waals surface area (Å²) in [6.07, 6.45) is 3.37. The van der Waals surface area contributed by atoms with Crippen molar-refractivity contribution < 1.29 is 9.90 Å². The highest BCUT2D eigenvalue weighted by atomic mass is 16.3. The number of nitrogens with zero attached hydrogens (tertiary/aromatic N) is 2. The molecule has 1 aromatic rings. The molecule has 0 saturated carbocycles. The second-order valence-corrected chi connectivity index (χ2v) is 7.59. The molecule has 0 saturated heterocycles. The van der Waals surface area contributed by atoms with Crippen LogP contribution in [0.25, 0.3) is 0 Å². The number of amides is 1. The van der Waals surface area contributed by atoms with Crippen LogP contribution in [-0.2, 0) is 12.0 Å². The zero-order valence-electron chi connectivity index (χ0n) is 14.9. The molecule has 5 nitrogen and oxygen atoms in total. The Morgan fingerprint density at radius 1 is 1.27 bits per heavy atom. The van der Waals surface area contributed by atoms with Gasteiger partial charge in [0.1, 0.15) is 5.69 Å². The van der Waals surface area contributed by atoms with E-state index in [0.717, 1.165) is 31.5 Å². The molecule has 1 heterocycles. The number of carbonyl (C=O) groups excluding carboxylic acids is 1. The topological polar surface area (TPSA) is 67.2 Å². The molecule has 0 aromatic carbocycles. The number of rotatable bonds is 7. The summed E-state index contributed by atoms with van der Waals surface area (Å²) in [5.41, 5.74) is 0.772. The number of aliphatic hydroxyl groups excluding tert-OH is 1. The number of aryl methyl sites for hydroxylation is 1. The molecular formula is C17H31N3O2. The molecule has 0 bridgehead atoms. The minimum atomic E-state index is -0.648. The second kappa shape index (κ2) is 7.27. The maximum Gasteiger partial charge on any atom is 0.272 e. The van der Waals surface area contributed by atoms with E-state index in [2.05, 4.69) is 38.1 Å². The SMILES string of the molecule is CCCCCn1nc(C(=O)NC(C)(C)CO)cc1C(C)(C)C. The lowest BCUT2D eigenvalue weighted by atomic mass is 9.91. The summed E-state index contributed by atoms with van der Waals surface area (Å²) in [4.78, 5) is 12.3. The van der Waals surface area contributed by atoms with Crippen molar-refractivity contribution in [1.82, 2.24) is 15.1 Å². The Balaban J connectivity index is 2.99. The predicted octanol–water partition coefficient (Wildman–Crippen LogP) is 2.87. The molecule has 0 aliphatic rings. The quantitative estimate of drug-likeness (QED) is 0.761. The van der Waals surface area contributed by atoms with E-state index < -0.39 is 5.54 Å². The number of unbranched alkanes of at least 4 members (excludes halogenated alkanes) is 2. The van der Waals surface area contributed by atoms with E-state index in [9.17, 15) is 9.90 Å². The lowest BCUT2D eigenvalue weighted by molar-refractivity contribution is 0.0863. The number of carbonyl (C=O) groups is 1. The number of aromatic nitrogens is 2. The van der Waals surface area contributed by atoms with Crippen LogP contribution in [0.4, 0.5) is 0 Å². The molecule has 2 N–H and O–H groups in total. The van der Waals surface area contributed by atoms with Gasteiger partial charge in [0.05, 0.1) is 12.1 Å². The Labute approximate surface area is 134 Å². The maximum absolute atomic E-state index is 12.3. The average Bonchev–Trinajstić information content (AvgIpc) is 2.83. The van der Waals surface area contributed by atoms with E-state index >= 15 is 0 Å². The Hall–Kier alpha value is -1.36. The van der Waals surface area contributed by atoms with Crippen molar-refractivity contribution in [1.29, 1.82) is 0 Å². The summed E-state index contributed by atoms with van der Waals surface area (Å²) in [7, 11) is 0. The van der Waals surface area contributed by atoms with Gasteiger partial charge >= 0.3 is 0 Å². The molecule has 0 fully saturated rings. The first-order valence-electron chi connectivity index (χ1n) is 8.12. The van der Waals surface area contributed by atoms with Gasteiger partial charge in [-0.25, -0.2) is 0 Å². The fourth-order valence-corrected chi connectivity index (χ4v) is 2.22. The van der Waals surface area contributed by atoms with E-state index in [0.29, 0.717) is 5.69 Å². The van der Waals surface area contributed by atoms with Crippen LogP contribution < -0.4 is 5.32 Å². The lowest BCUT2D eigenvalue weighted by Gasteiger charge is -2.22. The van der Waals surface area contributed by atoms with Crippen molar-refractivity contribution in [2.45, 2.75) is 78.3 Å². The summed E-state index contributed by atoms with van der Waals surface area (Å²) in [6, 6.07) is 1.87. The van der Waals surface area contributed by atoms with E-state index in [1.54, 1.807) is 13.8 Å². The van der Waals surface area contributed by atoms with E-state index in [4.69, 9.17) is 0 Å². The molecule has 0 atom stereocenters. The van der Waals surface area contributed by atoms with Crippen molar-refractivity contribution in [2.24, 2.45) is 0 Å². The van der Waals surface area contributed by atoms with Gasteiger partial charge in [-0.15, -0.1) is 0 Å². The van der Waals surface area contributed by atoms with Gasteiger partial charge in [0.15, 0.2) is 0 Å². The van der Waals surface area contributed by atoms with E-state index in [1.165, 1.54) is 0 Å². The lowest BCUT2D eigenvalue weighted by Crippen LogP contribution is -2.46. The Kier molecular flexibility index (Phi) is 6.17. The Morgan fingerprint density at radius 3 is 2.41 bits per heavy atom. The van der Waals surface area contributed by atoms with Crippen LogP contribution in [0.3, 0.4) is 0 Å². The molecule has 1 rings (SSSR count). The molecule has 126 valence electrons. The summed E-state index contributed by atoms with van der Waals surface area (Å²) >= 11 is 0. The molecular weight excluding hydrogens is 278 g/mol. The van der Waals surface area contributed by atoms with Gasteiger partial charge in [-0.2, -0.15) is 5.10 Å². The number of hydrogen-bond acceptors (Lipinski definition) is 3. The second-order valence-electron chi connectivity index (χ2n) is 7.59. The normalized spacial score (nSPS) is 12.5. The summed E-state index contributed by atoms with van der Waals surface area (Å²) in [5.74, 6) is -0.237. The van der Waals surface area contributed by atoms with Crippen LogP contribution in [0.15, 0.2) is 6.07 Å². The highest BCUT2D eigenvalue weighted by Crippen LogP contribution is 2.24. The van der Waals surface area contributed by atoms with Crippen LogP contribution >= 0.6 is 0 Å². The van der Waals surface area contributed by atoms with Gasteiger partial charge in [0.2, 0.25) is 0 Å². The van der Waals surface area contributed by atoms with Crippen LogP contribution in [0.5, 0.6) is 0 Å². The number of aliphatic hydroxyl groups is 1. The fraction of sp³-hybridized carbons (Fsp3) is 0.765. The first-order chi connectivity index (χ1) is 10.1. The Morgan fingerprint density at radius 2 is 1.91 bits per heavy atom. The monoisotopic (exact) mass is 309 g/mol. The largest absolute Gasteiger partial charge is 0.394 e. The minimum absolute atomic E-state index is 0.0652. The number of nitrogens with one attached hydrogen (secondary N) is 1. The molecule has 0 unspecified atom stereocenters. The average molecular weight is 309 g/mol. The van der Waals surface area contributed by atoms with Crippen molar-refractivity contribution >= 4 is 5.91 Å². The summed E-state index contributed by atoms with van der Waals surface area (Å²) in [6.45, 7) is 12.8. The summed E-state index contributed by atoms with van der Waals surface area (Å²) in [5, 5.41) is 16.6. The molecule has 0 spiro atoms. The summed E-state index contributed by atoms with van der Waals surface area (Å²) < 4.78 is 1.95. The third kappa shape index (κ3) is 5.13. The van der Waals surface area contributed by atoms with Crippen LogP contribution in [0.2, 0.25) is 0 Å². The van der Waals surface area contributed by atoms with Gasteiger partial charge in [0, 0.05) is 17.7 Å². The maximum atomic E-state index is 12.3. The van der Waals surface area contributed by atoms with Gasteiger partial charge in [-0.3, -0.25) is 9.48 Å². The van der Waals surface area contributed by atoms with Crippen LogP contribution in [-0.4, -0.2) is 32.9 Å². The highest BCUT2D eigenvalue weighted by molar-refractivity contribution is 5.92. The highest BCUT2D eigenvalue weighted by Gasteiger charge is 2.26. The van der Waals surface area contributed by atoms with Crippen LogP contribution in [0.1, 0.15) is 77.0 Å².